The molecule has 0 aromatic carbocycles. The van der Waals surface area contributed by atoms with Crippen molar-refractivity contribution in [1.82, 2.24) is 10.6 Å². The molecular formula is C12H22N2O2. The fourth-order valence-corrected chi connectivity index (χ4v) is 2.39. The Morgan fingerprint density at radius 2 is 2.19 bits per heavy atom. The first kappa shape index (κ1) is 11.7. The predicted octanol–water partition coefficient (Wildman–Crippen LogP) is 1.65. The van der Waals surface area contributed by atoms with Crippen molar-refractivity contribution in [2.75, 3.05) is 13.2 Å². The lowest BCUT2D eigenvalue weighted by Gasteiger charge is -2.27. The van der Waals surface area contributed by atoms with E-state index in [9.17, 15) is 4.79 Å². The lowest BCUT2D eigenvalue weighted by molar-refractivity contribution is 0.0877. The van der Waals surface area contributed by atoms with Crippen LogP contribution in [0.5, 0.6) is 0 Å². The van der Waals surface area contributed by atoms with Crippen LogP contribution in [0.2, 0.25) is 0 Å². The van der Waals surface area contributed by atoms with Gasteiger partial charge in [0.05, 0.1) is 6.10 Å². The average molecular weight is 226 g/mol. The lowest BCUT2D eigenvalue weighted by atomic mass is 9.93. The summed E-state index contributed by atoms with van der Waals surface area (Å²) in [4.78, 5) is 11.5. The molecule has 0 aromatic heterocycles. The summed E-state index contributed by atoms with van der Waals surface area (Å²) in [6.07, 6.45) is 5.97. The van der Waals surface area contributed by atoms with E-state index in [1.807, 2.05) is 0 Å². The van der Waals surface area contributed by atoms with Crippen LogP contribution in [0, 0.1) is 5.92 Å². The monoisotopic (exact) mass is 226 g/mol. The van der Waals surface area contributed by atoms with Crippen LogP contribution in [0.25, 0.3) is 0 Å². The number of hydrogen-bond donors (Lipinski definition) is 2. The van der Waals surface area contributed by atoms with Gasteiger partial charge >= 0.3 is 6.03 Å². The molecule has 92 valence electrons. The summed E-state index contributed by atoms with van der Waals surface area (Å²) < 4.78 is 5.59. The van der Waals surface area contributed by atoms with Crippen LogP contribution in [-0.4, -0.2) is 31.3 Å². The van der Waals surface area contributed by atoms with Crippen LogP contribution in [0.3, 0.4) is 0 Å². The second-order valence-corrected chi connectivity index (χ2v) is 4.85. The minimum Gasteiger partial charge on any atom is -0.378 e. The van der Waals surface area contributed by atoms with Gasteiger partial charge in [0.25, 0.3) is 0 Å². The second kappa shape index (κ2) is 5.53. The highest BCUT2D eigenvalue weighted by atomic mass is 16.5. The van der Waals surface area contributed by atoms with Gasteiger partial charge in [0, 0.05) is 25.1 Å². The quantitative estimate of drug-likeness (QED) is 0.766. The molecule has 1 saturated carbocycles. The van der Waals surface area contributed by atoms with E-state index < -0.39 is 0 Å². The zero-order chi connectivity index (χ0) is 11.4. The maximum atomic E-state index is 11.5. The molecule has 1 aliphatic heterocycles. The second-order valence-electron chi connectivity index (χ2n) is 4.85. The van der Waals surface area contributed by atoms with Crippen molar-refractivity contribution in [2.45, 2.75) is 51.2 Å². The summed E-state index contributed by atoms with van der Waals surface area (Å²) in [5.74, 6) is 0.497. The maximum Gasteiger partial charge on any atom is 0.315 e. The summed E-state index contributed by atoms with van der Waals surface area (Å²) >= 11 is 0. The molecule has 0 aromatic rings. The van der Waals surface area contributed by atoms with Crippen molar-refractivity contribution in [3.8, 4) is 0 Å². The van der Waals surface area contributed by atoms with Crippen molar-refractivity contribution in [3.05, 3.63) is 0 Å². The number of hydrogen-bond acceptors (Lipinski definition) is 2. The Hall–Kier alpha value is -0.770. The minimum atomic E-state index is -0.00791. The van der Waals surface area contributed by atoms with E-state index in [2.05, 4.69) is 17.6 Å². The summed E-state index contributed by atoms with van der Waals surface area (Å²) in [6.45, 7) is 3.73. The topological polar surface area (TPSA) is 50.4 Å². The molecule has 16 heavy (non-hydrogen) atoms. The van der Waals surface area contributed by atoms with E-state index in [0.29, 0.717) is 18.1 Å². The Balaban J connectivity index is 1.63. The Bertz CT molecular complexity index is 241. The van der Waals surface area contributed by atoms with Crippen LogP contribution in [-0.2, 0) is 4.74 Å². The Labute approximate surface area is 97.1 Å². The van der Waals surface area contributed by atoms with E-state index in [4.69, 9.17) is 4.74 Å². The van der Waals surface area contributed by atoms with Gasteiger partial charge in [0.1, 0.15) is 0 Å². The Morgan fingerprint density at radius 1 is 1.38 bits per heavy atom. The van der Waals surface area contributed by atoms with E-state index >= 15 is 0 Å². The van der Waals surface area contributed by atoms with Crippen molar-refractivity contribution in [1.29, 1.82) is 0 Å². The predicted molar refractivity (Wildman–Crippen MR) is 62.3 cm³/mol. The molecule has 2 amide bonds. The molecule has 1 saturated heterocycles. The third-order valence-electron chi connectivity index (χ3n) is 3.71. The van der Waals surface area contributed by atoms with Gasteiger partial charge in [-0.05, 0) is 32.1 Å². The van der Waals surface area contributed by atoms with Crippen LogP contribution < -0.4 is 10.6 Å². The number of amides is 2. The number of urea groups is 1. The fraction of sp³-hybridized carbons (Fsp3) is 0.917. The fourth-order valence-electron chi connectivity index (χ4n) is 2.39. The van der Waals surface area contributed by atoms with E-state index in [1.165, 1.54) is 6.42 Å². The van der Waals surface area contributed by atoms with Gasteiger partial charge in [0.2, 0.25) is 0 Å². The summed E-state index contributed by atoms with van der Waals surface area (Å²) in [5, 5.41) is 5.94. The highest BCUT2D eigenvalue weighted by Gasteiger charge is 2.27. The van der Waals surface area contributed by atoms with Crippen molar-refractivity contribution >= 4 is 6.03 Å². The first-order valence-corrected chi connectivity index (χ1v) is 6.45. The SMILES string of the molecule is CCC1OCCC1CNC(=O)NC1CCC1. The molecule has 0 radical (unpaired) electrons. The number of rotatable bonds is 4. The Morgan fingerprint density at radius 3 is 2.81 bits per heavy atom. The Kier molecular flexibility index (Phi) is 4.04. The normalized spacial score (nSPS) is 29.8. The summed E-state index contributed by atoms with van der Waals surface area (Å²) in [6, 6.07) is 0.410. The molecule has 0 bridgehead atoms. The molecule has 1 heterocycles. The van der Waals surface area contributed by atoms with E-state index in [0.717, 1.165) is 38.8 Å². The molecule has 2 unspecified atom stereocenters. The molecule has 1 aliphatic carbocycles. The number of nitrogens with one attached hydrogen (secondary N) is 2. The third-order valence-corrected chi connectivity index (χ3v) is 3.71. The van der Waals surface area contributed by atoms with Crippen LogP contribution in [0.15, 0.2) is 0 Å². The minimum absolute atomic E-state index is 0.00791. The molecule has 0 spiro atoms. The maximum absolute atomic E-state index is 11.5. The highest BCUT2D eigenvalue weighted by Crippen LogP contribution is 2.22. The van der Waals surface area contributed by atoms with Gasteiger partial charge in [-0.1, -0.05) is 6.92 Å². The molecule has 4 nitrogen and oxygen atoms in total. The standard InChI is InChI=1S/C12H22N2O2/c1-2-11-9(6-7-16-11)8-13-12(15)14-10-4-3-5-10/h9-11H,2-8H2,1H3,(H2,13,14,15). The summed E-state index contributed by atoms with van der Waals surface area (Å²) in [7, 11) is 0. The van der Waals surface area contributed by atoms with Crippen LogP contribution in [0.4, 0.5) is 4.79 Å². The van der Waals surface area contributed by atoms with Crippen LogP contribution >= 0.6 is 0 Å². The molecule has 2 atom stereocenters. The van der Waals surface area contributed by atoms with Gasteiger partial charge < -0.3 is 15.4 Å². The molecule has 2 rings (SSSR count). The molecular weight excluding hydrogens is 204 g/mol. The van der Waals surface area contributed by atoms with E-state index in [-0.39, 0.29) is 6.03 Å². The van der Waals surface area contributed by atoms with Crippen molar-refractivity contribution < 1.29 is 9.53 Å². The molecule has 4 heteroatoms. The molecule has 2 N–H and O–H groups in total. The largest absolute Gasteiger partial charge is 0.378 e. The van der Waals surface area contributed by atoms with Gasteiger partial charge in [0.15, 0.2) is 0 Å². The third kappa shape index (κ3) is 2.88. The summed E-state index contributed by atoms with van der Waals surface area (Å²) in [5.41, 5.74) is 0. The van der Waals surface area contributed by atoms with Crippen molar-refractivity contribution in [2.24, 2.45) is 5.92 Å². The van der Waals surface area contributed by atoms with Gasteiger partial charge in [-0.2, -0.15) is 0 Å². The number of carbonyl (C=O) groups excluding carboxylic acids is 1. The van der Waals surface area contributed by atoms with Gasteiger partial charge in [-0.3, -0.25) is 0 Å². The number of carbonyl (C=O) groups is 1. The first-order valence-electron chi connectivity index (χ1n) is 6.45. The first-order chi connectivity index (χ1) is 7.79. The molecule has 2 aliphatic rings. The van der Waals surface area contributed by atoms with Gasteiger partial charge in [-0.25, -0.2) is 4.79 Å². The van der Waals surface area contributed by atoms with Crippen molar-refractivity contribution in [3.63, 3.8) is 0 Å². The zero-order valence-electron chi connectivity index (χ0n) is 10.00. The smallest absolute Gasteiger partial charge is 0.315 e. The highest BCUT2D eigenvalue weighted by molar-refractivity contribution is 5.74. The zero-order valence-corrected chi connectivity index (χ0v) is 10.00. The molecule has 2 fully saturated rings. The van der Waals surface area contributed by atoms with Crippen LogP contribution in [0.1, 0.15) is 39.0 Å². The van der Waals surface area contributed by atoms with E-state index in [1.54, 1.807) is 0 Å². The van der Waals surface area contributed by atoms with Gasteiger partial charge in [-0.15, -0.1) is 0 Å². The average Bonchev–Trinajstić information content (AvgIpc) is 2.68. The number of ether oxygens (including phenoxy) is 1. The lowest BCUT2D eigenvalue weighted by Crippen LogP contribution is -2.46.